The lowest BCUT2D eigenvalue weighted by atomic mass is 10.2. The minimum absolute atomic E-state index is 0.117. The molecule has 0 N–H and O–H groups in total. The average molecular weight is 517 g/mol. The van der Waals surface area contributed by atoms with Crippen molar-refractivity contribution in [2.45, 2.75) is 19.2 Å². The fourth-order valence-corrected chi connectivity index (χ4v) is 3.23. The van der Waals surface area contributed by atoms with Gasteiger partial charge in [-0.2, -0.15) is 13.2 Å². The first kappa shape index (κ1) is 25.8. The molecular weight excluding hydrogens is 500 g/mol. The van der Waals surface area contributed by atoms with Gasteiger partial charge in [0.1, 0.15) is 28.8 Å². The number of ether oxygens (including phenoxy) is 3. The normalized spacial score (nSPS) is 12.2. The number of halogens is 5. The summed E-state index contributed by atoms with van der Waals surface area (Å²) in [6.07, 6.45) is -5.91. The number of hydrogen-bond acceptors (Lipinski definition) is 6. The number of alkyl halides is 3. The van der Waals surface area contributed by atoms with Gasteiger partial charge in [-0.3, -0.25) is 9.36 Å². The quantitative estimate of drug-likeness (QED) is 0.362. The maximum Gasteiger partial charge on any atom is 0.431 e. The third-order valence-electron chi connectivity index (χ3n) is 4.73. The summed E-state index contributed by atoms with van der Waals surface area (Å²) in [7, 11) is 2.00. The maximum absolute atomic E-state index is 14.7. The first-order chi connectivity index (χ1) is 16.3. The van der Waals surface area contributed by atoms with Gasteiger partial charge >= 0.3 is 17.8 Å². The van der Waals surface area contributed by atoms with Crippen molar-refractivity contribution >= 4 is 17.6 Å². The minimum atomic E-state index is -4.97. The Bertz CT molecular complexity index is 1400. The van der Waals surface area contributed by atoms with Crippen LogP contribution in [0.1, 0.15) is 12.6 Å². The number of carbonyl (C=O) groups is 1. The molecule has 0 aliphatic rings. The van der Waals surface area contributed by atoms with Crippen molar-refractivity contribution < 1.29 is 36.6 Å². The number of hydrogen-bond donors (Lipinski definition) is 0. The second kappa shape index (κ2) is 9.82. The molecule has 0 radical (unpaired) electrons. The SMILES string of the molecule is COC(=O)C(C)Oc1cccc(Oc2cc(-n3c(=O)cc(C(F)(F)F)n(C)c3=O)c(F)cc2Cl)c1. The van der Waals surface area contributed by atoms with Crippen LogP contribution in [0, 0.1) is 5.82 Å². The van der Waals surface area contributed by atoms with Crippen molar-refractivity contribution in [3.63, 3.8) is 0 Å². The van der Waals surface area contributed by atoms with Crippen molar-refractivity contribution in [1.29, 1.82) is 0 Å². The van der Waals surface area contributed by atoms with Gasteiger partial charge in [-0.05, 0) is 25.1 Å². The van der Waals surface area contributed by atoms with Crippen molar-refractivity contribution in [3.8, 4) is 22.9 Å². The van der Waals surface area contributed by atoms with E-state index >= 15 is 0 Å². The first-order valence-electron chi connectivity index (χ1n) is 9.75. The Morgan fingerprint density at radius 1 is 1.09 bits per heavy atom. The Morgan fingerprint density at radius 2 is 1.74 bits per heavy atom. The summed E-state index contributed by atoms with van der Waals surface area (Å²) < 4.78 is 70.0. The van der Waals surface area contributed by atoms with Crippen molar-refractivity contribution in [2.75, 3.05) is 7.11 Å². The minimum Gasteiger partial charge on any atom is -0.479 e. The van der Waals surface area contributed by atoms with E-state index in [0.29, 0.717) is 0 Å². The molecule has 1 atom stereocenters. The first-order valence-corrected chi connectivity index (χ1v) is 10.1. The third-order valence-corrected chi connectivity index (χ3v) is 5.03. The molecule has 186 valence electrons. The van der Waals surface area contributed by atoms with E-state index in [0.717, 1.165) is 19.2 Å². The summed E-state index contributed by atoms with van der Waals surface area (Å²) in [6.45, 7) is 1.46. The number of esters is 1. The molecule has 0 amide bonds. The van der Waals surface area contributed by atoms with Gasteiger partial charge < -0.3 is 14.2 Å². The van der Waals surface area contributed by atoms with Crippen LogP contribution < -0.4 is 20.7 Å². The summed E-state index contributed by atoms with van der Waals surface area (Å²) in [5, 5.41) is -0.253. The van der Waals surface area contributed by atoms with Crippen LogP contribution in [0.2, 0.25) is 5.02 Å². The number of methoxy groups -OCH3 is 1. The molecule has 0 spiro atoms. The highest BCUT2D eigenvalue weighted by Gasteiger charge is 2.35. The zero-order chi connectivity index (χ0) is 26.1. The summed E-state index contributed by atoms with van der Waals surface area (Å²) in [5.41, 5.74) is -4.99. The highest BCUT2D eigenvalue weighted by atomic mass is 35.5. The van der Waals surface area contributed by atoms with E-state index in [4.69, 9.17) is 21.1 Å². The molecule has 1 heterocycles. The number of benzene rings is 2. The van der Waals surface area contributed by atoms with Crippen LogP contribution in [-0.2, 0) is 22.8 Å². The number of rotatable bonds is 6. The third kappa shape index (κ3) is 5.48. The highest BCUT2D eigenvalue weighted by molar-refractivity contribution is 6.32. The fourth-order valence-electron chi connectivity index (χ4n) is 3.04. The van der Waals surface area contributed by atoms with Crippen LogP contribution in [0.15, 0.2) is 52.1 Å². The molecule has 35 heavy (non-hydrogen) atoms. The van der Waals surface area contributed by atoms with E-state index < -0.39 is 46.7 Å². The van der Waals surface area contributed by atoms with Crippen molar-refractivity contribution in [3.05, 3.63) is 79.8 Å². The molecule has 2 aromatic carbocycles. The van der Waals surface area contributed by atoms with Crippen LogP contribution in [0.3, 0.4) is 0 Å². The molecule has 0 aliphatic heterocycles. The van der Waals surface area contributed by atoms with Gasteiger partial charge in [0.05, 0.1) is 17.8 Å². The Kier molecular flexibility index (Phi) is 7.25. The molecular formula is C22H17ClF4N2O6. The van der Waals surface area contributed by atoms with Gasteiger partial charge in [-0.1, -0.05) is 17.7 Å². The summed E-state index contributed by atoms with van der Waals surface area (Å²) in [6, 6.07) is 7.71. The number of nitrogens with zero attached hydrogens (tertiary/aromatic N) is 2. The lowest BCUT2D eigenvalue weighted by Crippen LogP contribution is -2.41. The van der Waals surface area contributed by atoms with Crippen LogP contribution in [-0.4, -0.2) is 28.3 Å². The molecule has 8 nitrogen and oxygen atoms in total. The summed E-state index contributed by atoms with van der Waals surface area (Å²) in [5.74, 6) is -1.65. The largest absolute Gasteiger partial charge is 0.479 e. The molecule has 3 aromatic rings. The Balaban J connectivity index is 2.03. The fraction of sp³-hybridized carbons (Fsp3) is 0.227. The summed E-state index contributed by atoms with van der Waals surface area (Å²) in [4.78, 5) is 36.4. The van der Waals surface area contributed by atoms with E-state index in [-0.39, 0.29) is 37.5 Å². The Hall–Kier alpha value is -3.80. The molecule has 1 aromatic heterocycles. The van der Waals surface area contributed by atoms with E-state index in [1.165, 1.54) is 38.3 Å². The Morgan fingerprint density at radius 3 is 2.37 bits per heavy atom. The molecule has 0 saturated heterocycles. The molecule has 0 fully saturated rings. The van der Waals surface area contributed by atoms with Crippen molar-refractivity contribution in [2.24, 2.45) is 7.05 Å². The van der Waals surface area contributed by atoms with Gasteiger partial charge in [-0.15, -0.1) is 0 Å². The van der Waals surface area contributed by atoms with Crippen LogP contribution >= 0.6 is 11.6 Å². The van der Waals surface area contributed by atoms with Gasteiger partial charge in [0.2, 0.25) is 0 Å². The average Bonchev–Trinajstić information content (AvgIpc) is 2.78. The lowest BCUT2D eigenvalue weighted by molar-refractivity contribution is -0.148. The molecule has 0 saturated carbocycles. The standard InChI is InChI=1S/C22H17ClF4N2O6/c1-11(20(31)33-3)34-12-5-4-6-13(7-12)35-17-9-16(15(24)8-14(17)23)29-19(30)10-18(22(25,26)27)28(2)21(29)32/h4-11H,1-3H3. The van der Waals surface area contributed by atoms with Crippen LogP contribution in [0.4, 0.5) is 17.6 Å². The van der Waals surface area contributed by atoms with E-state index in [2.05, 4.69) is 4.74 Å². The van der Waals surface area contributed by atoms with Gasteiger partial charge in [0.25, 0.3) is 5.56 Å². The van der Waals surface area contributed by atoms with E-state index in [1.807, 2.05) is 0 Å². The molecule has 0 bridgehead atoms. The highest BCUT2D eigenvalue weighted by Crippen LogP contribution is 2.34. The van der Waals surface area contributed by atoms with Crippen molar-refractivity contribution in [1.82, 2.24) is 9.13 Å². The van der Waals surface area contributed by atoms with Crippen LogP contribution in [0.25, 0.3) is 5.69 Å². The zero-order valence-electron chi connectivity index (χ0n) is 18.4. The van der Waals surface area contributed by atoms with Gasteiger partial charge in [0, 0.05) is 25.2 Å². The van der Waals surface area contributed by atoms with Gasteiger partial charge in [0.15, 0.2) is 6.10 Å². The molecule has 13 heteroatoms. The maximum atomic E-state index is 14.7. The molecule has 0 aliphatic carbocycles. The monoisotopic (exact) mass is 516 g/mol. The molecule has 3 rings (SSSR count). The lowest BCUT2D eigenvalue weighted by Gasteiger charge is -2.16. The van der Waals surface area contributed by atoms with E-state index in [1.54, 1.807) is 0 Å². The zero-order valence-corrected chi connectivity index (χ0v) is 19.1. The predicted octanol–water partition coefficient (Wildman–Crippen LogP) is 4.08. The van der Waals surface area contributed by atoms with Crippen LogP contribution in [0.5, 0.6) is 17.2 Å². The van der Waals surface area contributed by atoms with Gasteiger partial charge in [-0.25, -0.2) is 18.5 Å². The Labute approximate surface area is 199 Å². The number of aromatic nitrogens is 2. The molecule has 1 unspecified atom stereocenters. The predicted molar refractivity (Wildman–Crippen MR) is 116 cm³/mol. The second-order valence-corrected chi connectivity index (χ2v) is 7.54. The van der Waals surface area contributed by atoms with E-state index in [9.17, 15) is 31.9 Å². The smallest absolute Gasteiger partial charge is 0.431 e. The number of carbonyl (C=O) groups excluding carboxylic acids is 1. The second-order valence-electron chi connectivity index (χ2n) is 7.14. The topological polar surface area (TPSA) is 88.8 Å². The summed E-state index contributed by atoms with van der Waals surface area (Å²) >= 11 is 6.04.